The van der Waals surface area contributed by atoms with Gasteiger partial charge in [-0.1, -0.05) is 6.07 Å². The van der Waals surface area contributed by atoms with Gasteiger partial charge in [-0.3, -0.25) is 9.69 Å². The van der Waals surface area contributed by atoms with Crippen molar-refractivity contribution >= 4 is 22.6 Å². The van der Waals surface area contributed by atoms with Crippen molar-refractivity contribution in [2.45, 2.75) is 49.8 Å². The molecule has 1 amide bonds. The number of ether oxygens (including phenoxy) is 1. The van der Waals surface area contributed by atoms with Gasteiger partial charge in [-0.05, 0) is 69.2 Å². The number of hydrogen-bond donors (Lipinski definition) is 1. The third kappa shape index (κ3) is 6.80. The zero-order valence-corrected chi connectivity index (χ0v) is 20.3. The van der Waals surface area contributed by atoms with Gasteiger partial charge in [0.05, 0.1) is 24.1 Å². The number of anilines is 1. The molecule has 2 aromatic rings. The first-order valence-corrected chi connectivity index (χ1v) is 12.2. The minimum atomic E-state index is -4.49. The fraction of sp³-hybridized carbons (Fsp3) is 0.458. The van der Waals surface area contributed by atoms with Crippen LogP contribution in [0.25, 0.3) is 0 Å². The summed E-state index contributed by atoms with van der Waals surface area (Å²) in [5.74, 6) is 0.578. The predicted molar refractivity (Wildman–Crippen MR) is 126 cm³/mol. The molecule has 10 heteroatoms. The van der Waals surface area contributed by atoms with E-state index in [1.165, 1.54) is 12.1 Å². The lowest BCUT2D eigenvalue weighted by molar-refractivity contribution is -0.137. The molecule has 1 aliphatic heterocycles. The van der Waals surface area contributed by atoms with Gasteiger partial charge in [-0.2, -0.15) is 13.2 Å². The van der Waals surface area contributed by atoms with E-state index in [1.807, 2.05) is 18.7 Å². The molecule has 186 valence electrons. The number of rotatable bonds is 8. The molecule has 3 rings (SSSR count). The molecule has 2 aromatic carbocycles. The molecule has 1 N–H and O–H groups in total. The van der Waals surface area contributed by atoms with Crippen molar-refractivity contribution in [3.05, 3.63) is 54.1 Å². The van der Waals surface area contributed by atoms with Crippen LogP contribution in [0.2, 0.25) is 0 Å². The molecule has 0 aliphatic carbocycles. The van der Waals surface area contributed by atoms with E-state index < -0.39 is 22.7 Å². The number of methoxy groups -OCH3 is 1. The van der Waals surface area contributed by atoms with E-state index in [2.05, 4.69) is 5.32 Å². The van der Waals surface area contributed by atoms with Gasteiger partial charge in [-0.15, -0.1) is 0 Å². The molecule has 0 radical (unpaired) electrons. The molecular weight excluding hydrogens is 467 g/mol. The minimum absolute atomic E-state index is 0.0590. The Hall–Kier alpha value is -2.43. The summed E-state index contributed by atoms with van der Waals surface area (Å²) in [5.41, 5.74) is -0.122. The number of carbonyl (C=O) groups is 1. The van der Waals surface area contributed by atoms with Crippen LogP contribution in [-0.2, 0) is 22.0 Å². The number of piperidine rings is 1. The van der Waals surface area contributed by atoms with Crippen molar-refractivity contribution in [3.63, 3.8) is 0 Å². The number of alkyl halides is 3. The lowest BCUT2D eigenvalue weighted by Gasteiger charge is -2.39. The number of nitrogens with one attached hydrogen (secondary N) is 1. The summed E-state index contributed by atoms with van der Waals surface area (Å²) in [6.07, 6.45) is -3.15. The third-order valence-electron chi connectivity index (χ3n) is 5.72. The molecular formula is C24H30F3N3O3S. The molecule has 0 aromatic heterocycles. The summed E-state index contributed by atoms with van der Waals surface area (Å²) >= 11 is 0. The molecule has 1 atom stereocenters. The Labute approximate surface area is 200 Å². The summed E-state index contributed by atoms with van der Waals surface area (Å²) in [6, 6.07) is 11.6. The normalized spacial score (nSPS) is 16.6. The van der Waals surface area contributed by atoms with Gasteiger partial charge in [0, 0.05) is 30.9 Å². The van der Waals surface area contributed by atoms with E-state index in [0.29, 0.717) is 37.4 Å². The topological polar surface area (TPSA) is 61.9 Å². The van der Waals surface area contributed by atoms with Crippen LogP contribution < -0.4 is 10.1 Å². The second-order valence-corrected chi connectivity index (χ2v) is 9.90. The van der Waals surface area contributed by atoms with Gasteiger partial charge in [-0.25, -0.2) is 8.51 Å². The number of likely N-dealkylation sites (tertiary alicyclic amines) is 1. The number of hydrogen-bond acceptors (Lipinski definition) is 4. The second-order valence-electron chi connectivity index (χ2n) is 8.51. The summed E-state index contributed by atoms with van der Waals surface area (Å²) < 4.78 is 59.5. The highest BCUT2D eigenvalue weighted by Gasteiger charge is 2.34. The standard InChI is InChI=1S/C24H30F3N3O3S/c1-17(2)30(34(32)22-6-4-5-18(15-22)24(25,26)27)20-11-13-29(14-12-20)16-23(31)28-19-7-9-21(33-3)10-8-19/h4-10,15,17,20H,11-14,16H2,1-3H3,(H,28,31). The van der Waals surface area contributed by atoms with Crippen molar-refractivity contribution in [1.29, 1.82) is 0 Å². The largest absolute Gasteiger partial charge is 0.497 e. The zero-order valence-electron chi connectivity index (χ0n) is 19.5. The molecule has 1 fully saturated rings. The quantitative estimate of drug-likeness (QED) is 0.581. The van der Waals surface area contributed by atoms with E-state index in [9.17, 15) is 22.2 Å². The minimum Gasteiger partial charge on any atom is -0.497 e. The average molecular weight is 498 g/mol. The van der Waals surface area contributed by atoms with Crippen molar-refractivity contribution < 1.29 is 26.9 Å². The smallest absolute Gasteiger partial charge is 0.416 e. The zero-order chi connectivity index (χ0) is 24.9. The second kappa shape index (κ2) is 11.3. The molecule has 0 bridgehead atoms. The van der Waals surface area contributed by atoms with Crippen LogP contribution >= 0.6 is 0 Å². The van der Waals surface area contributed by atoms with E-state index in [0.717, 1.165) is 12.1 Å². The van der Waals surface area contributed by atoms with Gasteiger partial charge in [0.15, 0.2) is 0 Å². The molecule has 1 unspecified atom stereocenters. The van der Waals surface area contributed by atoms with Crippen LogP contribution in [0.1, 0.15) is 32.3 Å². The maximum Gasteiger partial charge on any atom is 0.416 e. The summed E-state index contributed by atoms with van der Waals surface area (Å²) in [4.78, 5) is 14.6. The Morgan fingerprint density at radius 3 is 2.38 bits per heavy atom. The predicted octanol–water partition coefficient (Wildman–Crippen LogP) is 4.55. The molecule has 0 spiro atoms. The summed E-state index contributed by atoms with van der Waals surface area (Å²) in [6.45, 7) is 5.27. The first-order chi connectivity index (χ1) is 16.1. The average Bonchev–Trinajstić information content (AvgIpc) is 2.80. The Bertz CT molecular complexity index is 991. The van der Waals surface area contributed by atoms with E-state index in [-0.39, 0.29) is 29.4 Å². The fourth-order valence-corrected chi connectivity index (χ4v) is 5.59. The van der Waals surface area contributed by atoms with Gasteiger partial charge < -0.3 is 10.1 Å². The molecule has 1 saturated heterocycles. The molecule has 0 saturated carbocycles. The monoisotopic (exact) mass is 497 g/mol. The maximum absolute atomic E-state index is 13.3. The maximum atomic E-state index is 13.3. The van der Waals surface area contributed by atoms with Gasteiger partial charge >= 0.3 is 6.18 Å². The molecule has 6 nitrogen and oxygen atoms in total. The molecule has 1 heterocycles. The Balaban J connectivity index is 1.58. The number of halogens is 3. The summed E-state index contributed by atoms with van der Waals surface area (Å²) in [5, 5.41) is 2.86. The Kier molecular flexibility index (Phi) is 8.72. The first-order valence-electron chi connectivity index (χ1n) is 11.1. The summed E-state index contributed by atoms with van der Waals surface area (Å²) in [7, 11) is -0.144. The van der Waals surface area contributed by atoms with Crippen molar-refractivity contribution in [2.24, 2.45) is 0 Å². The van der Waals surface area contributed by atoms with Crippen molar-refractivity contribution in [2.75, 3.05) is 32.1 Å². The SMILES string of the molecule is COc1ccc(NC(=O)CN2CCC(N(C(C)C)S(=O)c3cccc(C(F)(F)F)c3)CC2)cc1. The number of benzene rings is 2. The van der Waals surface area contributed by atoms with E-state index in [1.54, 1.807) is 35.7 Å². The Morgan fingerprint density at radius 1 is 1.18 bits per heavy atom. The van der Waals surface area contributed by atoms with Crippen LogP contribution in [0.4, 0.5) is 18.9 Å². The highest BCUT2D eigenvalue weighted by Crippen LogP contribution is 2.31. The van der Waals surface area contributed by atoms with Crippen LogP contribution in [0.5, 0.6) is 5.75 Å². The first kappa shape index (κ1) is 26.2. The highest BCUT2D eigenvalue weighted by molar-refractivity contribution is 7.82. The highest BCUT2D eigenvalue weighted by atomic mass is 32.2. The van der Waals surface area contributed by atoms with Crippen LogP contribution in [0.15, 0.2) is 53.4 Å². The van der Waals surface area contributed by atoms with Crippen molar-refractivity contribution in [3.8, 4) is 5.75 Å². The molecule has 34 heavy (non-hydrogen) atoms. The van der Waals surface area contributed by atoms with E-state index in [4.69, 9.17) is 4.74 Å². The number of nitrogens with zero attached hydrogens (tertiary/aromatic N) is 2. The van der Waals surface area contributed by atoms with Gasteiger partial charge in [0.2, 0.25) is 5.91 Å². The van der Waals surface area contributed by atoms with Gasteiger partial charge in [0.1, 0.15) is 16.7 Å². The van der Waals surface area contributed by atoms with Crippen molar-refractivity contribution in [1.82, 2.24) is 9.21 Å². The lowest BCUT2D eigenvalue weighted by atomic mass is 10.0. The number of amides is 1. The lowest BCUT2D eigenvalue weighted by Crippen LogP contribution is -2.49. The molecule has 1 aliphatic rings. The fourth-order valence-electron chi connectivity index (χ4n) is 4.06. The van der Waals surface area contributed by atoms with Crippen LogP contribution in [0.3, 0.4) is 0 Å². The van der Waals surface area contributed by atoms with E-state index >= 15 is 0 Å². The van der Waals surface area contributed by atoms with Crippen LogP contribution in [-0.4, -0.2) is 58.1 Å². The van der Waals surface area contributed by atoms with Crippen LogP contribution in [0, 0.1) is 0 Å². The Morgan fingerprint density at radius 2 is 1.82 bits per heavy atom. The number of carbonyl (C=O) groups excluding carboxylic acids is 1. The van der Waals surface area contributed by atoms with Gasteiger partial charge in [0.25, 0.3) is 0 Å². The third-order valence-corrected chi connectivity index (χ3v) is 7.48.